The second-order valence-corrected chi connectivity index (χ2v) is 3.17. The van der Waals surface area contributed by atoms with Crippen LogP contribution in [0, 0.1) is 0 Å². The molecule has 1 aliphatic heterocycles. The second kappa shape index (κ2) is 3.25. The predicted molar refractivity (Wildman–Crippen MR) is 41.1 cm³/mol. The monoisotopic (exact) mass is 161 g/mol. The van der Waals surface area contributed by atoms with Crippen molar-refractivity contribution in [1.82, 2.24) is 4.90 Å². The third-order valence-electron chi connectivity index (χ3n) is 1.63. The van der Waals surface area contributed by atoms with E-state index in [1.807, 2.05) is 6.92 Å². The lowest BCUT2D eigenvalue weighted by atomic mass is 10.3. The van der Waals surface area contributed by atoms with E-state index in [9.17, 15) is 4.79 Å². The van der Waals surface area contributed by atoms with Crippen LogP contribution in [0.3, 0.4) is 0 Å². The fourth-order valence-electron chi connectivity index (χ4n) is 1.03. The Bertz CT molecular complexity index is 140. The fraction of sp³-hybridized carbons (Fsp3) is 0.833. The van der Waals surface area contributed by atoms with E-state index in [1.54, 1.807) is 4.90 Å². The minimum atomic E-state index is 0.0579. The van der Waals surface area contributed by atoms with Gasteiger partial charge in [-0.3, -0.25) is 4.79 Å². The molecule has 58 valence electrons. The molecule has 0 aliphatic carbocycles. The van der Waals surface area contributed by atoms with Crippen molar-refractivity contribution in [3.8, 4) is 0 Å². The molecule has 0 aromatic heterocycles. The molecule has 0 spiro atoms. The van der Waals surface area contributed by atoms with Gasteiger partial charge in [-0.25, -0.2) is 0 Å². The van der Waals surface area contributed by atoms with Crippen molar-refractivity contribution < 1.29 is 9.90 Å². The average Bonchev–Trinajstić information content (AvgIpc) is 2.30. The molecule has 1 heterocycles. The zero-order chi connectivity index (χ0) is 7.56. The molecule has 0 saturated carbocycles. The lowest BCUT2D eigenvalue weighted by Gasteiger charge is -2.19. The molecular weight excluding hydrogens is 150 g/mol. The number of amides is 1. The van der Waals surface area contributed by atoms with E-state index in [1.165, 1.54) is 11.8 Å². The highest BCUT2D eigenvalue weighted by Crippen LogP contribution is 2.22. The Kier molecular flexibility index (Phi) is 2.56. The number of rotatable bonds is 2. The third-order valence-corrected chi connectivity index (χ3v) is 2.66. The van der Waals surface area contributed by atoms with Gasteiger partial charge in [0.25, 0.3) is 5.24 Å². The molecule has 1 rings (SSSR count). The average molecular weight is 161 g/mol. The van der Waals surface area contributed by atoms with E-state index < -0.39 is 0 Å². The van der Waals surface area contributed by atoms with Crippen LogP contribution < -0.4 is 0 Å². The van der Waals surface area contributed by atoms with Gasteiger partial charge in [0, 0.05) is 12.3 Å². The van der Waals surface area contributed by atoms with Crippen LogP contribution in [0.1, 0.15) is 6.92 Å². The maximum atomic E-state index is 11.0. The SMILES string of the molecule is CCN1C(=O)SCC1CO. The summed E-state index contributed by atoms with van der Waals surface area (Å²) in [5.41, 5.74) is 0. The molecule has 0 aromatic carbocycles. The van der Waals surface area contributed by atoms with Gasteiger partial charge in [-0.1, -0.05) is 11.8 Å². The molecule has 3 nitrogen and oxygen atoms in total. The lowest BCUT2D eigenvalue weighted by Crippen LogP contribution is -2.35. The van der Waals surface area contributed by atoms with Crippen LogP contribution >= 0.6 is 11.8 Å². The third kappa shape index (κ3) is 1.27. The molecule has 0 bridgehead atoms. The highest BCUT2D eigenvalue weighted by Gasteiger charge is 2.29. The summed E-state index contributed by atoms with van der Waals surface area (Å²) in [5, 5.41) is 8.88. The highest BCUT2D eigenvalue weighted by molar-refractivity contribution is 8.13. The van der Waals surface area contributed by atoms with Gasteiger partial charge in [-0.2, -0.15) is 0 Å². The van der Waals surface area contributed by atoms with Crippen molar-refractivity contribution in [2.75, 3.05) is 18.9 Å². The molecule has 4 heteroatoms. The number of thioether (sulfide) groups is 1. The number of hydrogen-bond donors (Lipinski definition) is 1. The lowest BCUT2D eigenvalue weighted by molar-refractivity contribution is 0.170. The molecule has 1 unspecified atom stereocenters. The number of aliphatic hydroxyl groups is 1. The Labute approximate surface area is 64.4 Å². The number of hydrogen-bond acceptors (Lipinski definition) is 3. The summed E-state index contributed by atoms with van der Waals surface area (Å²) in [6.45, 7) is 2.72. The van der Waals surface area contributed by atoms with Gasteiger partial charge in [0.2, 0.25) is 0 Å². The molecule has 1 N–H and O–H groups in total. The zero-order valence-corrected chi connectivity index (χ0v) is 6.73. The first-order valence-corrected chi connectivity index (χ1v) is 4.32. The largest absolute Gasteiger partial charge is 0.394 e. The van der Waals surface area contributed by atoms with Crippen LogP contribution in [0.2, 0.25) is 0 Å². The van der Waals surface area contributed by atoms with Gasteiger partial charge in [0.15, 0.2) is 0 Å². The summed E-state index contributed by atoms with van der Waals surface area (Å²) in [4.78, 5) is 12.7. The quantitative estimate of drug-likeness (QED) is 0.642. The van der Waals surface area contributed by atoms with Gasteiger partial charge in [0.1, 0.15) is 0 Å². The number of carbonyl (C=O) groups is 1. The second-order valence-electron chi connectivity index (χ2n) is 2.20. The molecule has 0 radical (unpaired) electrons. The number of carbonyl (C=O) groups excluding carboxylic acids is 1. The van der Waals surface area contributed by atoms with E-state index in [4.69, 9.17) is 5.11 Å². The highest BCUT2D eigenvalue weighted by atomic mass is 32.2. The van der Waals surface area contributed by atoms with Crippen molar-refractivity contribution in [2.24, 2.45) is 0 Å². The zero-order valence-electron chi connectivity index (χ0n) is 5.91. The summed E-state index contributed by atoms with van der Waals surface area (Å²) >= 11 is 1.29. The molecule has 1 aliphatic rings. The summed E-state index contributed by atoms with van der Waals surface area (Å²) in [5.74, 6) is 0.739. The summed E-state index contributed by atoms with van der Waals surface area (Å²) < 4.78 is 0. The molecule has 1 saturated heterocycles. The van der Waals surface area contributed by atoms with Crippen LogP contribution in [-0.4, -0.2) is 40.2 Å². The van der Waals surface area contributed by atoms with Crippen molar-refractivity contribution in [3.63, 3.8) is 0 Å². The predicted octanol–water partition coefficient (Wildman–Crippen LogP) is 0.536. The smallest absolute Gasteiger partial charge is 0.282 e. The minimum absolute atomic E-state index is 0.0579. The van der Waals surface area contributed by atoms with Crippen molar-refractivity contribution in [1.29, 1.82) is 0 Å². The fourth-order valence-corrected chi connectivity index (χ4v) is 2.09. The molecule has 1 atom stereocenters. The topological polar surface area (TPSA) is 40.5 Å². The first-order valence-electron chi connectivity index (χ1n) is 3.33. The van der Waals surface area contributed by atoms with Crippen LogP contribution in [0.5, 0.6) is 0 Å². The molecule has 0 aromatic rings. The Morgan fingerprint density at radius 1 is 1.90 bits per heavy atom. The van der Waals surface area contributed by atoms with Gasteiger partial charge in [0.05, 0.1) is 12.6 Å². The molecular formula is C6H11NO2S. The van der Waals surface area contributed by atoms with Crippen molar-refractivity contribution >= 4 is 17.0 Å². The van der Waals surface area contributed by atoms with Gasteiger partial charge in [-0.05, 0) is 6.92 Å². The molecule has 10 heavy (non-hydrogen) atoms. The first-order chi connectivity index (χ1) is 4.79. The van der Waals surface area contributed by atoms with Gasteiger partial charge >= 0.3 is 0 Å². The normalized spacial score (nSPS) is 26.0. The van der Waals surface area contributed by atoms with Crippen molar-refractivity contribution in [2.45, 2.75) is 13.0 Å². The van der Waals surface area contributed by atoms with Crippen molar-refractivity contribution in [3.05, 3.63) is 0 Å². The van der Waals surface area contributed by atoms with Gasteiger partial charge in [-0.15, -0.1) is 0 Å². The molecule has 1 fully saturated rings. The van der Waals surface area contributed by atoms with E-state index in [0.29, 0.717) is 6.54 Å². The summed E-state index contributed by atoms with van der Waals surface area (Å²) in [7, 11) is 0. The van der Waals surface area contributed by atoms with E-state index in [0.717, 1.165) is 5.75 Å². The van der Waals surface area contributed by atoms with E-state index >= 15 is 0 Å². The van der Waals surface area contributed by atoms with Gasteiger partial charge < -0.3 is 10.0 Å². The Morgan fingerprint density at radius 2 is 2.60 bits per heavy atom. The van der Waals surface area contributed by atoms with E-state index in [2.05, 4.69) is 0 Å². The number of nitrogens with zero attached hydrogens (tertiary/aromatic N) is 1. The van der Waals surface area contributed by atoms with E-state index in [-0.39, 0.29) is 17.9 Å². The maximum absolute atomic E-state index is 11.0. The Morgan fingerprint density at radius 3 is 3.00 bits per heavy atom. The maximum Gasteiger partial charge on any atom is 0.282 e. The minimum Gasteiger partial charge on any atom is -0.394 e. The standard InChI is InChI=1S/C6H11NO2S/c1-2-7-5(3-8)4-10-6(7)9/h5,8H,2-4H2,1H3. The first kappa shape index (κ1) is 7.88. The van der Waals surface area contributed by atoms with Crippen LogP contribution in [0.4, 0.5) is 4.79 Å². The summed E-state index contributed by atoms with van der Waals surface area (Å²) in [6, 6.07) is 0.0579. The van der Waals surface area contributed by atoms with Crippen LogP contribution in [0.15, 0.2) is 0 Å². The Balaban J connectivity index is 2.54. The summed E-state index contributed by atoms with van der Waals surface area (Å²) in [6.07, 6.45) is 0. The molecule has 1 amide bonds. The van der Waals surface area contributed by atoms with Crippen LogP contribution in [0.25, 0.3) is 0 Å². The number of aliphatic hydroxyl groups excluding tert-OH is 1. The number of likely N-dealkylation sites (N-methyl/N-ethyl adjacent to an activating group) is 1. The van der Waals surface area contributed by atoms with Crippen LogP contribution in [-0.2, 0) is 0 Å². The Hall–Kier alpha value is -0.220.